The summed E-state index contributed by atoms with van der Waals surface area (Å²) in [6, 6.07) is 20.7. The van der Waals surface area contributed by atoms with Crippen LogP contribution in [0.25, 0.3) is 6.08 Å². The minimum absolute atomic E-state index is 0.612. The van der Waals surface area contributed by atoms with E-state index in [2.05, 4.69) is 58.4 Å². The number of hydrogen-bond donors (Lipinski definition) is 0. The highest BCUT2D eigenvalue weighted by atomic mass is 16.5. The van der Waals surface area contributed by atoms with Crippen molar-refractivity contribution < 1.29 is 9.47 Å². The minimum atomic E-state index is 0.612. The molecule has 0 bridgehead atoms. The Morgan fingerprint density at radius 2 is 1.68 bits per heavy atom. The summed E-state index contributed by atoms with van der Waals surface area (Å²) in [7, 11) is 1.69. The van der Waals surface area contributed by atoms with Gasteiger partial charge in [0.25, 0.3) is 0 Å². The normalized spacial score (nSPS) is 12.9. The van der Waals surface area contributed by atoms with E-state index in [0.717, 1.165) is 36.7 Å². The van der Waals surface area contributed by atoms with Crippen LogP contribution in [0.15, 0.2) is 78.6 Å². The van der Waals surface area contributed by atoms with E-state index in [1.807, 2.05) is 30.6 Å². The molecule has 1 aliphatic heterocycles. The third-order valence-corrected chi connectivity index (χ3v) is 4.82. The fourth-order valence-corrected chi connectivity index (χ4v) is 3.46. The number of fused-ring (bicyclic) bond motifs is 1. The highest BCUT2D eigenvalue weighted by Crippen LogP contribution is 2.30. The van der Waals surface area contributed by atoms with Crippen molar-refractivity contribution in [3.63, 3.8) is 0 Å². The van der Waals surface area contributed by atoms with E-state index in [1.54, 1.807) is 7.11 Å². The van der Waals surface area contributed by atoms with Crippen molar-refractivity contribution in [1.82, 2.24) is 9.88 Å². The summed E-state index contributed by atoms with van der Waals surface area (Å²) in [5.41, 5.74) is 4.89. The molecule has 2 aromatic carbocycles. The first kappa shape index (κ1) is 18.3. The Labute approximate surface area is 166 Å². The van der Waals surface area contributed by atoms with Crippen LogP contribution in [0.4, 0.5) is 0 Å². The zero-order valence-corrected chi connectivity index (χ0v) is 16.0. The fourth-order valence-electron chi connectivity index (χ4n) is 3.46. The quantitative estimate of drug-likeness (QED) is 0.609. The summed E-state index contributed by atoms with van der Waals surface area (Å²) >= 11 is 0. The van der Waals surface area contributed by atoms with Gasteiger partial charge in [-0.3, -0.25) is 9.88 Å². The molecule has 0 fully saturated rings. The van der Waals surface area contributed by atoms with Crippen molar-refractivity contribution in [1.29, 1.82) is 0 Å². The van der Waals surface area contributed by atoms with E-state index < -0.39 is 0 Å². The van der Waals surface area contributed by atoms with Gasteiger partial charge in [0.2, 0.25) is 0 Å². The molecule has 0 atom stereocenters. The van der Waals surface area contributed by atoms with Crippen LogP contribution in [0.1, 0.15) is 16.7 Å². The lowest BCUT2D eigenvalue weighted by atomic mass is 10.1. The maximum absolute atomic E-state index is 5.98. The van der Waals surface area contributed by atoms with Crippen LogP contribution in [0.2, 0.25) is 0 Å². The van der Waals surface area contributed by atoms with Gasteiger partial charge >= 0.3 is 0 Å². The van der Waals surface area contributed by atoms with Crippen LogP contribution in [0.5, 0.6) is 11.5 Å². The Kier molecular flexibility index (Phi) is 5.69. The third kappa shape index (κ3) is 4.59. The number of pyridine rings is 1. The summed E-state index contributed by atoms with van der Waals surface area (Å²) in [6.07, 6.45) is 5.93. The first-order valence-electron chi connectivity index (χ1n) is 9.45. The van der Waals surface area contributed by atoms with E-state index in [9.17, 15) is 0 Å². The number of nitrogens with zero attached hydrogens (tertiary/aromatic N) is 2. The third-order valence-electron chi connectivity index (χ3n) is 4.82. The smallest absolute Gasteiger partial charge is 0.127 e. The summed E-state index contributed by atoms with van der Waals surface area (Å²) in [6.45, 7) is 3.19. The molecule has 2 heterocycles. The van der Waals surface area contributed by atoms with Crippen molar-refractivity contribution in [2.24, 2.45) is 0 Å². The van der Waals surface area contributed by atoms with Crippen molar-refractivity contribution >= 4 is 6.08 Å². The van der Waals surface area contributed by atoms with E-state index in [-0.39, 0.29) is 0 Å². The lowest BCUT2D eigenvalue weighted by Crippen LogP contribution is -2.27. The van der Waals surface area contributed by atoms with Gasteiger partial charge in [0.15, 0.2) is 0 Å². The molecule has 0 unspecified atom stereocenters. The highest BCUT2D eigenvalue weighted by Gasteiger charge is 2.16. The molecule has 0 aliphatic carbocycles. The zero-order chi connectivity index (χ0) is 19.2. The molecule has 0 radical (unpaired) electrons. The molecule has 1 aromatic heterocycles. The zero-order valence-electron chi connectivity index (χ0n) is 16.0. The summed E-state index contributed by atoms with van der Waals surface area (Å²) in [5, 5.41) is 0. The Hall–Kier alpha value is -3.11. The van der Waals surface area contributed by atoms with Gasteiger partial charge in [0.1, 0.15) is 18.1 Å². The molecule has 4 rings (SSSR count). The first-order valence-corrected chi connectivity index (χ1v) is 9.45. The van der Waals surface area contributed by atoms with Gasteiger partial charge in [-0.25, -0.2) is 0 Å². The number of ether oxygens (including phenoxy) is 2. The molecule has 1 aliphatic rings. The van der Waals surface area contributed by atoms with Crippen LogP contribution in [0.3, 0.4) is 0 Å². The van der Waals surface area contributed by atoms with Crippen LogP contribution in [-0.2, 0) is 13.1 Å². The molecule has 3 aromatic rings. The highest BCUT2D eigenvalue weighted by molar-refractivity contribution is 5.64. The standard InChI is InChI=1S/C24H24N2O2/c1-27-23-7-8-24-22(14-23)13-21(18-28-24)17-26(15-19-5-3-2-4-6-19)16-20-9-11-25-12-10-20/h2-14H,15-18H2,1H3. The van der Waals surface area contributed by atoms with Crippen LogP contribution in [0, 0.1) is 0 Å². The second kappa shape index (κ2) is 8.72. The number of benzene rings is 2. The Morgan fingerprint density at radius 1 is 0.929 bits per heavy atom. The predicted octanol–water partition coefficient (Wildman–Crippen LogP) is 4.57. The SMILES string of the molecule is COc1ccc2c(c1)C=C(CN(Cc1ccccc1)Cc1ccncc1)CO2. The van der Waals surface area contributed by atoms with Gasteiger partial charge in [0.05, 0.1) is 7.11 Å². The van der Waals surface area contributed by atoms with E-state index in [4.69, 9.17) is 9.47 Å². The van der Waals surface area contributed by atoms with E-state index >= 15 is 0 Å². The molecule has 4 nitrogen and oxygen atoms in total. The molecule has 142 valence electrons. The molecular weight excluding hydrogens is 348 g/mol. The molecule has 4 heteroatoms. The predicted molar refractivity (Wildman–Crippen MR) is 111 cm³/mol. The number of methoxy groups -OCH3 is 1. The van der Waals surface area contributed by atoms with Crippen molar-refractivity contribution in [3.05, 3.63) is 95.3 Å². The van der Waals surface area contributed by atoms with Gasteiger partial charge in [-0.15, -0.1) is 0 Å². The Balaban J connectivity index is 1.55. The summed E-state index contributed by atoms with van der Waals surface area (Å²) in [5.74, 6) is 1.76. The molecular formula is C24H24N2O2. The second-order valence-electron chi connectivity index (χ2n) is 6.98. The van der Waals surface area contributed by atoms with Crippen molar-refractivity contribution in [2.45, 2.75) is 13.1 Å². The Morgan fingerprint density at radius 3 is 2.43 bits per heavy atom. The lowest BCUT2D eigenvalue weighted by molar-refractivity contribution is 0.259. The maximum atomic E-state index is 5.98. The van der Waals surface area contributed by atoms with Crippen LogP contribution >= 0.6 is 0 Å². The molecule has 0 saturated carbocycles. The minimum Gasteiger partial charge on any atom is -0.497 e. The van der Waals surface area contributed by atoms with E-state index in [0.29, 0.717) is 6.61 Å². The monoisotopic (exact) mass is 372 g/mol. The average molecular weight is 372 g/mol. The number of rotatable bonds is 7. The Bertz CT molecular complexity index is 898. The topological polar surface area (TPSA) is 34.6 Å². The van der Waals surface area contributed by atoms with Gasteiger partial charge in [-0.05, 0) is 53.1 Å². The summed E-state index contributed by atoms with van der Waals surface area (Å²) < 4.78 is 11.3. The van der Waals surface area contributed by atoms with Crippen LogP contribution < -0.4 is 9.47 Å². The molecule has 0 saturated heterocycles. The number of aromatic nitrogens is 1. The van der Waals surface area contributed by atoms with Crippen molar-refractivity contribution in [3.8, 4) is 11.5 Å². The maximum Gasteiger partial charge on any atom is 0.127 e. The largest absolute Gasteiger partial charge is 0.497 e. The van der Waals surface area contributed by atoms with Crippen molar-refractivity contribution in [2.75, 3.05) is 20.3 Å². The lowest BCUT2D eigenvalue weighted by Gasteiger charge is -2.26. The first-order chi connectivity index (χ1) is 13.8. The average Bonchev–Trinajstić information content (AvgIpc) is 2.74. The second-order valence-corrected chi connectivity index (χ2v) is 6.98. The van der Waals surface area contributed by atoms with Gasteiger partial charge < -0.3 is 9.47 Å². The molecule has 0 N–H and O–H groups in total. The van der Waals surface area contributed by atoms with E-state index in [1.165, 1.54) is 16.7 Å². The summed E-state index contributed by atoms with van der Waals surface area (Å²) in [4.78, 5) is 6.57. The molecule has 0 spiro atoms. The van der Waals surface area contributed by atoms with Gasteiger partial charge in [0, 0.05) is 37.6 Å². The fraction of sp³-hybridized carbons (Fsp3) is 0.208. The molecule has 28 heavy (non-hydrogen) atoms. The van der Waals surface area contributed by atoms with Gasteiger partial charge in [-0.1, -0.05) is 30.3 Å². The number of hydrogen-bond acceptors (Lipinski definition) is 4. The van der Waals surface area contributed by atoms with Gasteiger partial charge in [-0.2, -0.15) is 0 Å². The van der Waals surface area contributed by atoms with Crippen LogP contribution in [-0.4, -0.2) is 30.1 Å². The molecule has 0 amide bonds.